The van der Waals surface area contributed by atoms with Crippen molar-refractivity contribution < 1.29 is 13.2 Å². The summed E-state index contributed by atoms with van der Waals surface area (Å²) in [6.07, 6.45) is 3.15. The number of aromatic nitrogens is 1. The number of carbonyl (C=O) groups excluding carboxylic acids is 1. The molecule has 1 aliphatic rings. The van der Waals surface area contributed by atoms with Gasteiger partial charge in [0, 0.05) is 37.6 Å². The van der Waals surface area contributed by atoms with Crippen LogP contribution in [-0.4, -0.2) is 43.8 Å². The van der Waals surface area contributed by atoms with Crippen molar-refractivity contribution in [3.8, 4) is 0 Å². The van der Waals surface area contributed by atoms with Crippen LogP contribution in [0.3, 0.4) is 0 Å². The Labute approximate surface area is 148 Å². The highest BCUT2D eigenvalue weighted by atomic mass is 32.2. The van der Waals surface area contributed by atoms with E-state index in [0.717, 1.165) is 18.5 Å². The Bertz CT molecular complexity index is 896. The second-order valence-electron chi connectivity index (χ2n) is 6.68. The number of pyridine rings is 1. The highest BCUT2D eigenvalue weighted by Crippen LogP contribution is 2.24. The van der Waals surface area contributed by atoms with Gasteiger partial charge in [0.25, 0.3) is 0 Å². The molecular formula is C18H23N3O3S. The van der Waals surface area contributed by atoms with Crippen LogP contribution >= 0.6 is 0 Å². The molecule has 134 valence electrons. The van der Waals surface area contributed by atoms with Crippen LogP contribution in [0.25, 0.3) is 10.9 Å². The van der Waals surface area contributed by atoms with Crippen molar-refractivity contribution in [3.05, 3.63) is 36.0 Å². The summed E-state index contributed by atoms with van der Waals surface area (Å²) in [6, 6.07) is 6.91. The molecule has 0 radical (unpaired) electrons. The average molecular weight is 361 g/mol. The number of aryl methyl sites for hydroxylation is 1. The number of amides is 1. The van der Waals surface area contributed by atoms with Gasteiger partial charge in [-0.15, -0.1) is 0 Å². The summed E-state index contributed by atoms with van der Waals surface area (Å²) >= 11 is 0. The molecule has 1 aromatic carbocycles. The first-order valence-corrected chi connectivity index (χ1v) is 9.98. The Morgan fingerprint density at radius 3 is 2.84 bits per heavy atom. The molecule has 1 aliphatic heterocycles. The normalized spacial score (nSPS) is 16.6. The fraction of sp³-hybridized carbons (Fsp3) is 0.444. The first-order valence-electron chi connectivity index (χ1n) is 8.50. The Kier molecular flexibility index (Phi) is 5.06. The topological polar surface area (TPSA) is 79.4 Å². The van der Waals surface area contributed by atoms with Crippen molar-refractivity contribution in [1.82, 2.24) is 14.6 Å². The summed E-state index contributed by atoms with van der Waals surface area (Å²) < 4.78 is 28.2. The number of likely N-dealkylation sites (tertiary alicyclic amines) is 1. The smallest absolute Gasteiger partial charge is 0.241 e. The molecule has 0 saturated carbocycles. The van der Waals surface area contributed by atoms with E-state index < -0.39 is 10.0 Å². The number of benzene rings is 1. The summed E-state index contributed by atoms with van der Waals surface area (Å²) in [4.78, 5) is 18.0. The third-order valence-corrected chi connectivity index (χ3v) is 6.03. The SMILES string of the molecule is Cc1ccc(S(=O)(=O)NC[C@@H](C)CN2CCCC2=O)c2cccnc12. The maximum absolute atomic E-state index is 12.7. The van der Waals surface area contributed by atoms with Crippen LogP contribution in [0, 0.1) is 12.8 Å². The highest BCUT2D eigenvalue weighted by molar-refractivity contribution is 7.89. The number of sulfonamides is 1. The van der Waals surface area contributed by atoms with Crippen molar-refractivity contribution in [2.24, 2.45) is 5.92 Å². The zero-order valence-electron chi connectivity index (χ0n) is 14.5. The molecule has 0 aliphatic carbocycles. The molecule has 2 heterocycles. The maximum atomic E-state index is 12.7. The summed E-state index contributed by atoms with van der Waals surface area (Å²) in [7, 11) is -3.64. The second kappa shape index (κ2) is 7.09. The second-order valence-corrected chi connectivity index (χ2v) is 8.42. The Morgan fingerprint density at radius 1 is 1.32 bits per heavy atom. The molecule has 2 aromatic rings. The van der Waals surface area contributed by atoms with E-state index in [1.165, 1.54) is 0 Å². The van der Waals surface area contributed by atoms with Crippen molar-refractivity contribution >= 4 is 26.8 Å². The van der Waals surface area contributed by atoms with Gasteiger partial charge < -0.3 is 4.90 Å². The van der Waals surface area contributed by atoms with Gasteiger partial charge in [-0.2, -0.15) is 0 Å². The van der Waals surface area contributed by atoms with E-state index in [9.17, 15) is 13.2 Å². The van der Waals surface area contributed by atoms with E-state index in [0.29, 0.717) is 30.4 Å². The van der Waals surface area contributed by atoms with Crippen LogP contribution in [0.1, 0.15) is 25.3 Å². The third-order valence-electron chi connectivity index (χ3n) is 4.55. The lowest BCUT2D eigenvalue weighted by Crippen LogP contribution is -2.36. The summed E-state index contributed by atoms with van der Waals surface area (Å²) in [5.74, 6) is 0.206. The largest absolute Gasteiger partial charge is 0.342 e. The summed E-state index contributed by atoms with van der Waals surface area (Å²) in [6.45, 7) is 5.50. The molecular weight excluding hydrogens is 338 g/mol. The van der Waals surface area contributed by atoms with E-state index >= 15 is 0 Å². The van der Waals surface area contributed by atoms with Crippen molar-refractivity contribution in [2.75, 3.05) is 19.6 Å². The van der Waals surface area contributed by atoms with Crippen LogP contribution in [0.5, 0.6) is 0 Å². The monoisotopic (exact) mass is 361 g/mol. The number of hydrogen-bond donors (Lipinski definition) is 1. The molecule has 1 fully saturated rings. The molecule has 1 amide bonds. The lowest BCUT2D eigenvalue weighted by atomic mass is 10.1. The fourth-order valence-corrected chi connectivity index (χ4v) is 4.55. The quantitative estimate of drug-likeness (QED) is 0.854. The zero-order chi connectivity index (χ0) is 18.0. The highest BCUT2D eigenvalue weighted by Gasteiger charge is 2.23. The van der Waals surface area contributed by atoms with Gasteiger partial charge in [0.1, 0.15) is 0 Å². The minimum absolute atomic E-state index is 0.0478. The van der Waals surface area contributed by atoms with Crippen molar-refractivity contribution in [3.63, 3.8) is 0 Å². The first kappa shape index (κ1) is 17.8. The molecule has 25 heavy (non-hydrogen) atoms. The van der Waals surface area contributed by atoms with Gasteiger partial charge in [0.2, 0.25) is 15.9 Å². The lowest BCUT2D eigenvalue weighted by molar-refractivity contribution is -0.128. The van der Waals surface area contributed by atoms with E-state index in [2.05, 4.69) is 9.71 Å². The Balaban J connectivity index is 1.74. The number of hydrogen-bond acceptors (Lipinski definition) is 4. The molecule has 0 bridgehead atoms. The van der Waals surface area contributed by atoms with E-state index in [1.54, 1.807) is 30.5 Å². The van der Waals surface area contributed by atoms with Gasteiger partial charge in [-0.25, -0.2) is 13.1 Å². The molecule has 1 saturated heterocycles. The molecule has 3 rings (SSSR count). The van der Waals surface area contributed by atoms with Gasteiger partial charge in [0.05, 0.1) is 10.4 Å². The standard InChI is InChI=1S/C18H23N3O3S/c1-13(12-21-10-4-6-17(21)22)11-20-25(23,24)16-8-7-14(2)18-15(16)5-3-9-19-18/h3,5,7-9,13,20H,4,6,10-12H2,1-2H3/t13-/m1/s1. The number of rotatable bonds is 6. The van der Waals surface area contributed by atoms with Crippen LogP contribution in [0.2, 0.25) is 0 Å². The maximum Gasteiger partial charge on any atom is 0.241 e. The zero-order valence-corrected chi connectivity index (χ0v) is 15.3. The molecule has 1 N–H and O–H groups in total. The van der Waals surface area contributed by atoms with Crippen LogP contribution in [-0.2, 0) is 14.8 Å². The van der Waals surface area contributed by atoms with Gasteiger partial charge in [0.15, 0.2) is 0 Å². The van der Waals surface area contributed by atoms with Crippen LogP contribution in [0.15, 0.2) is 35.4 Å². The predicted octanol–water partition coefficient (Wildman–Crippen LogP) is 2.08. The molecule has 1 aromatic heterocycles. The van der Waals surface area contributed by atoms with E-state index in [1.807, 2.05) is 18.7 Å². The minimum Gasteiger partial charge on any atom is -0.342 e. The number of fused-ring (bicyclic) bond motifs is 1. The molecule has 7 heteroatoms. The van der Waals surface area contributed by atoms with Gasteiger partial charge in [-0.1, -0.05) is 13.0 Å². The van der Waals surface area contributed by atoms with Crippen molar-refractivity contribution in [1.29, 1.82) is 0 Å². The minimum atomic E-state index is -3.64. The van der Waals surface area contributed by atoms with E-state index in [-0.39, 0.29) is 16.7 Å². The lowest BCUT2D eigenvalue weighted by Gasteiger charge is -2.21. The molecule has 0 unspecified atom stereocenters. The first-order chi connectivity index (χ1) is 11.9. The van der Waals surface area contributed by atoms with Crippen LogP contribution < -0.4 is 4.72 Å². The van der Waals surface area contributed by atoms with Crippen molar-refractivity contribution in [2.45, 2.75) is 31.6 Å². The predicted molar refractivity (Wildman–Crippen MR) is 96.6 cm³/mol. The Morgan fingerprint density at radius 2 is 2.12 bits per heavy atom. The number of nitrogens with one attached hydrogen (secondary N) is 1. The van der Waals surface area contributed by atoms with Gasteiger partial charge in [-0.3, -0.25) is 9.78 Å². The summed E-state index contributed by atoms with van der Waals surface area (Å²) in [5, 5.41) is 0.623. The molecule has 0 spiro atoms. The number of nitrogens with zero attached hydrogens (tertiary/aromatic N) is 2. The average Bonchev–Trinajstić information content (AvgIpc) is 2.98. The summed E-state index contributed by atoms with van der Waals surface area (Å²) in [5.41, 5.74) is 1.64. The Hall–Kier alpha value is -1.99. The third kappa shape index (κ3) is 3.82. The molecule has 1 atom stereocenters. The number of carbonyl (C=O) groups is 1. The van der Waals surface area contributed by atoms with Crippen LogP contribution in [0.4, 0.5) is 0 Å². The fourth-order valence-electron chi connectivity index (χ4n) is 3.19. The van der Waals surface area contributed by atoms with E-state index in [4.69, 9.17) is 0 Å². The van der Waals surface area contributed by atoms with Gasteiger partial charge in [-0.05, 0) is 43.0 Å². The molecule has 6 nitrogen and oxygen atoms in total. The van der Waals surface area contributed by atoms with Gasteiger partial charge >= 0.3 is 0 Å².